The minimum absolute atomic E-state index is 0. The molecule has 0 aliphatic carbocycles. The first-order valence-corrected chi connectivity index (χ1v) is 6.15. The number of rotatable bonds is 2. The molecule has 1 aromatic heterocycles. The fourth-order valence-corrected chi connectivity index (χ4v) is 3.52. The summed E-state index contributed by atoms with van der Waals surface area (Å²) in [4.78, 5) is 11.8. The molecule has 0 fully saturated rings. The Morgan fingerprint density at radius 2 is 2.20 bits per heavy atom. The third-order valence-corrected chi connectivity index (χ3v) is 4.49. The number of aryl methyl sites for hydroxylation is 1. The quantitative estimate of drug-likeness (QED) is 0.830. The summed E-state index contributed by atoms with van der Waals surface area (Å²) in [5.74, 6) is 0. The van der Waals surface area contributed by atoms with E-state index in [4.69, 9.17) is 5.73 Å². The first kappa shape index (κ1) is 12.5. The van der Waals surface area contributed by atoms with Crippen LogP contribution < -0.4 is 11.3 Å². The summed E-state index contributed by atoms with van der Waals surface area (Å²) in [7, 11) is 0. The summed E-state index contributed by atoms with van der Waals surface area (Å²) in [6.45, 7) is 3.22. The summed E-state index contributed by atoms with van der Waals surface area (Å²) in [6.07, 6.45) is 0. The van der Waals surface area contributed by atoms with Gasteiger partial charge in [-0.1, -0.05) is 0 Å². The Labute approximate surface area is 100 Å². The molecule has 0 spiro atoms. The molecule has 0 bridgehead atoms. The number of hydrogen-bond donors (Lipinski definition) is 1. The molecule has 0 aliphatic rings. The maximum Gasteiger partial charge on any atom is -0.147 e. The van der Waals surface area contributed by atoms with Crippen molar-refractivity contribution in [1.29, 1.82) is 0 Å². The van der Waals surface area contributed by atoms with Gasteiger partial charge in [0, 0.05) is 0 Å². The number of nitrogens with two attached hydrogens (primary N) is 1. The molecule has 82 valence electrons. The number of benzene rings is 1. The van der Waals surface area contributed by atoms with Gasteiger partial charge in [-0.25, -0.2) is 0 Å². The molecule has 1 heterocycles. The molecule has 0 unspecified atom stereocenters. The van der Waals surface area contributed by atoms with E-state index in [2.05, 4.69) is 12.1 Å². The van der Waals surface area contributed by atoms with Crippen LogP contribution in [0.25, 0.3) is 9.65 Å². The van der Waals surface area contributed by atoms with E-state index >= 15 is 0 Å². The van der Waals surface area contributed by atoms with Crippen molar-refractivity contribution in [3.8, 4) is 0 Å². The van der Waals surface area contributed by atoms with Gasteiger partial charge in [-0.3, -0.25) is 0 Å². The third kappa shape index (κ3) is 2.34. The van der Waals surface area contributed by atoms with E-state index in [9.17, 15) is 4.79 Å². The molecular weight excluding hydrogens is 279 g/mol. The molecule has 0 saturated heterocycles. The minimum Gasteiger partial charge on any atom is -0.147 e. The molecule has 0 saturated carbocycles. The Hall–Kier alpha value is -0.541. The van der Waals surface area contributed by atoms with Crippen LogP contribution in [0.3, 0.4) is 0 Å². The summed E-state index contributed by atoms with van der Waals surface area (Å²) < 4.78 is 3.04. The van der Waals surface area contributed by atoms with E-state index in [0.29, 0.717) is 13.1 Å². The minimum atomic E-state index is 0. The fraction of sp³-hybridized carbons (Fsp3) is 0.300. The zero-order chi connectivity index (χ0) is 10.1. The Balaban J connectivity index is 0.00000112. The maximum absolute atomic E-state index is 11.8. The average Bonchev–Trinajstić information content (AvgIpc) is 2.46. The SMILES string of the molecule is Cc1ccc2[se]n(CCN)c(=O)c2c1.Cl. The predicted molar refractivity (Wildman–Crippen MR) is 66.2 cm³/mol. The van der Waals surface area contributed by atoms with Gasteiger partial charge in [-0.15, -0.1) is 12.4 Å². The number of aromatic nitrogens is 1. The normalized spacial score (nSPS) is 10.3. The standard InChI is InChI=1S/C10H12N2OSe.ClH/c1-7-2-3-9-8(6-7)10(13)12(14-9)5-4-11;/h2-3,6H,4-5,11H2,1H3;1H. The first-order valence-electron chi connectivity index (χ1n) is 4.53. The Morgan fingerprint density at radius 3 is 2.87 bits per heavy atom. The molecule has 2 rings (SSSR count). The topological polar surface area (TPSA) is 48.0 Å². The van der Waals surface area contributed by atoms with Gasteiger partial charge in [0.1, 0.15) is 0 Å². The number of nitrogens with zero attached hydrogens (tertiary/aromatic N) is 1. The van der Waals surface area contributed by atoms with Crippen LogP contribution in [0.15, 0.2) is 23.0 Å². The Morgan fingerprint density at radius 1 is 1.47 bits per heavy atom. The largest absolute Gasteiger partial charge is 0.147 e. The number of fused-ring (bicyclic) bond motifs is 1. The van der Waals surface area contributed by atoms with Crippen molar-refractivity contribution in [3.05, 3.63) is 34.1 Å². The van der Waals surface area contributed by atoms with Crippen molar-refractivity contribution >= 4 is 36.8 Å². The van der Waals surface area contributed by atoms with E-state index < -0.39 is 0 Å². The summed E-state index contributed by atoms with van der Waals surface area (Å²) >= 11 is 0.138. The molecular formula is C10H13ClN2OSe. The van der Waals surface area contributed by atoms with Gasteiger partial charge >= 0.3 is 87.8 Å². The van der Waals surface area contributed by atoms with Crippen molar-refractivity contribution in [1.82, 2.24) is 3.56 Å². The van der Waals surface area contributed by atoms with Crippen LogP contribution in [0.5, 0.6) is 0 Å². The Kier molecular flexibility index (Phi) is 4.17. The van der Waals surface area contributed by atoms with Crippen molar-refractivity contribution in [2.75, 3.05) is 6.54 Å². The van der Waals surface area contributed by atoms with Crippen LogP contribution in [-0.4, -0.2) is 24.8 Å². The second kappa shape index (κ2) is 4.99. The zero-order valence-corrected chi connectivity index (χ0v) is 10.9. The van der Waals surface area contributed by atoms with Gasteiger partial charge in [0.05, 0.1) is 0 Å². The van der Waals surface area contributed by atoms with E-state index in [1.165, 1.54) is 4.26 Å². The van der Waals surface area contributed by atoms with Gasteiger partial charge < -0.3 is 0 Å². The predicted octanol–water partition coefficient (Wildman–Crippen LogP) is 0.747. The summed E-state index contributed by atoms with van der Waals surface area (Å²) in [5, 5.41) is 0.874. The molecule has 1 aromatic carbocycles. The Bertz CT molecular complexity index is 518. The first-order chi connectivity index (χ1) is 6.72. The number of halogens is 1. The van der Waals surface area contributed by atoms with Gasteiger partial charge in [-0.2, -0.15) is 0 Å². The van der Waals surface area contributed by atoms with Crippen LogP contribution in [0, 0.1) is 6.92 Å². The second-order valence-electron chi connectivity index (χ2n) is 3.29. The third-order valence-electron chi connectivity index (χ3n) is 2.13. The van der Waals surface area contributed by atoms with Gasteiger partial charge in [0.15, 0.2) is 0 Å². The molecule has 15 heavy (non-hydrogen) atoms. The van der Waals surface area contributed by atoms with E-state index in [1.807, 2.05) is 16.6 Å². The molecule has 3 nitrogen and oxygen atoms in total. The summed E-state index contributed by atoms with van der Waals surface area (Å²) in [5.41, 5.74) is 6.74. The van der Waals surface area contributed by atoms with Crippen molar-refractivity contribution in [3.63, 3.8) is 0 Å². The molecule has 0 radical (unpaired) electrons. The van der Waals surface area contributed by atoms with Gasteiger partial charge in [0.2, 0.25) is 0 Å². The maximum atomic E-state index is 11.8. The zero-order valence-electron chi connectivity index (χ0n) is 8.40. The van der Waals surface area contributed by atoms with Crippen molar-refractivity contribution < 1.29 is 0 Å². The molecule has 2 aromatic rings. The van der Waals surface area contributed by atoms with Crippen molar-refractivity contribution in [2.24, 2.45) is 5.73 Å². The molecule has 0 atom stereocenters. The molecule has 0 aliphatic heterocycles. The second-order valence-corrected chi connectivity index (χ2v) is 5.52. The number of hydrogen-bond acceptors (Lipinski definition) is 2. The molecule has 0 amide bonds. The average molecular weight is 292 g/mol. The van der Waals surface area contributed by atoms with E-state index in [-0.39, 0.29) is 32.7 Å². The van der Waals surface area contributed by atoms with E-state index in [0.717, 1.165) is 10.9 Å². The van der Waals surface area contributed by atoms with Gasteiger partial charge in [0.25, 0.3) is 0 Å². The summed E-state index contributed by atoms with van der Waals surface area (Å²) in [6, 6.07) is 6.08. The fourth-order valence-electron chi connectivity index (χ4n) is 1.45. The molecule has 2 N–H and O–H groups in total. The van der Waals surface area contributed by atoms with Crippen LogP contribution in [-0.2, 0) is 6.54 Å². The van der Waals surface area contributed by atoms with Crippen LogP contribution in [0.4, 0.5) is 0 Å². The van der Waals surface area contributed by atoms with Crippen LogP contribution >= 0.6 is 12.4 Å². The molecule has 5 heteroatoms. The van der Waals surface area contributed by atoms with Crippen LogP contribution in [0.2, 0.25) is 0 Å². The van der Waals surface area contributed by atoms with Crippen molar-refractivity contribution in [2.45, 2.75) is 13.5 Å². The van der Waals surface area contributed by atoms with Crippen LogP contribution in [0.1, 0.15) is 5.56 Å². The smallest absolute Gasteiger partial charge is 0.147 e. The van der Waals surface area contributed by atoms with E-state index in [1.54, 1.807) is 0 Å². The monoisotopic (exact) mass is 292 g/mol. The van der Waals surface area contributed by atoms with Gasteiger partial charge in [-0.05, 0) is 0 Å².